The molecule has 0 atom stereocenters. The molecule has 0 aliphatic carbocycles. The minimum absolute atomic E-state index is 0.0277. The molecule has 0 aliphatic heterocycles. The maximum atomic E-state index is 13.8. The van der Waals surface area contributed by atoms with Crippen LogP contribution in [0.5, 0.6) is 0 Å². The van der Waals surface area contributed by atoms with Gasteiger partial charge in [-0.2, -0.15) is 0 Å². The molecule has 0 amide bonds. The number of nitro groups is 1. The summed E-state index contributed by atoms with van der Waals surface area (Å²) >= 11 is 0. The Hall–Kier alpha value is -2.50. The molecule has 0 fully saturated rings. The zero-order chi connectivity index (χ0) is 14.0. The Morgan fingerprint density at radius 2 is 2.11 bits per heavy atom. The van der Waals surface area contributed by atoms with E-state index in [1.54, 1.807) is 19.1 Å². The first-order valence-corrected chi connectivity index (χ1v) is 5.62. The van der Waals surface area contributed by atoms with Crippen LogP contribution in [0.25, 0.3) is 0 Å². The summed E-state index contributed by atoms with van der Waals surface area (Å²) in [6.07, 6.45) is 1.66. The highest BCUT2D eigenvalue weighted by Gasteiger charge is 2.15. The smallest absolute Gasteiger partial charge is 0.272 e. The van der Waals surface area contributed by atoms with E-state index in [2.05, 4.69) is 4.98 Å². The molecule has 1 aromatic carbocycles. The Kier molecular flexibility index (Phi) is 3.41. The lowest BCUT2D eigenvalue weighted by Crippen LogP contribution is -2.02. The fourth-order valence-electron chi connectivity index (χ4n) is 1.90. The predicted octanol–water partition coefficient (Wildman–Crippen LogP) is 2.61. The zero-order valence-corrected chi connectivity index (χ0v) is 10.3. The summed E-state index contributed by atoms with van der Waals surface area (Å²) in [5.74, 6) is -0.742. The van der Waals surface area contributed by atoms with Crippen molar-refractivity contribution in [2.45, 2.75) is 13.3 Å². The predicted molar refractivity (Wildman–Crippen MR) is 69.2 cm³/mol. The molecule has 5 nitrogen and oxygen atoms in total. The number of aromatic nitrogens is 1. The second kappa shape index (κ2) is 5.01. The van der Waals surface area contributed by atoms with Crippen LogP contribution in [0.15, 0.2) is 30.5 Å². The van der Waals surface area contributed by atoms with Gasteiger partial charge < -0.3 is 5.73 Å². The third-order valence-electron chi connectivity index (χ3n) is 2.99. The summed E-state index contributed by atoms with van der Waals surface area (Å²) in [6.45, 7) is 1.65. The summed E-state index contributed by atoms with van der Waals surface area (Å²) in [6, 6.07) is 6.27. The van der Waals surface area contributed by atoms with Crippen LogP contribution in [0.4, 0.5) is 15.9 Å². The number of rotatable bonds is 3. The van der Waals surface area contributed by atoms with Gasteiger partial charge in [-0.3, -0.25) is 10.1 Å². The molecule has 0 unspecified atom stereocenters. The first-order chi connectivity index (χ1) is 9.00. The molecular weight excluding hydrogens is 249 g/mol. The number of nitrogens with two attached hydrogens (primary N) is 1. The van der Waals surface area contributed by atoms with E-state index in [9.17, 15) is 14.5 Å². The van der Waals surface area contributed by atoms with Gasteiger partial charge in [-0.15, -0.1) is 0 Å². The Labute approximate surface area is 109 Å². The second-order valence-electron chi connectivity index (χ2n) is 4.16. The quantitative estimate of drug-likeness (QED) is 0.680. The highest BCUT2D eigenvalue weighted by Crippen LogP contribution is 2.24. The average Bonchev–Trinajstić information content (AvgIpc) is 2.37. The lowest BCUT2D eigenvalue weighted by molar-refractivity contribution is -0.385. The fourth-order valence-corrected chi connectivity index (χ4v) is 1.90. The normalized spacial score (nSPS) is 10.4. The molecule has 6 heteroatoms. The van der Waals surface area contributed by atoms with Crippen LogP contribution in [-0.4, -0.2) is 9.91 Å². The van der Waals surface area contributed by atoms with Crippen molar-refractivity contribution in [3.63, 3.8) is 0 Å². The summed E-state index contributed by atoms with van der Waals surface area (Å²) < 4.78 is 13.8. The van der Waals surface area contributed by atoms with Gasteiger partial charge in [-0.25, -0.2) is 9.37 Å². The van der Waals surface area contributed by atoms with Crippen LogP contribution < -0.4 is 5.73 Å². The van der Waals surface area contributed by atoms with E-state index in [0.717, 1.165) is 0 Å². The second-order valence-corrected chi connectivity index (χ2v) is 4.16. The minimum Gasteiger partial charge on any atom is -0.381 e. The summed E-state index contributed by atoms with van der Waals surface area (Å²) in [7, 11) is 0. The van der Waals surface area contributed by atoms with Crippen LogP contribution >= 0.6 is 0 Å². The standard InChI is InChI=1S/C13H12FN3O2/c1-8-9(3-2-4-11(8)17(18)19)7-10-5-6-16-13(15)12(10)14/h2-6H,7H2,1H3,(H2,15,16). The number of hydrogen-bond donors (Lipinski definition) is 1. The number of nitro benzene ring substituents is 1. The largest absolute Gasteiger partial charge is 0.381 e. The van der Waals surface area contributed by atoms with Gasteiger partial charge in [0.25, 0.3) is 5.69 Å². The van der Waals surface area contributed by atoms with Gasteiger partial charge in [-0.05, 0) is 24.1 Å². The Morgan fingerprint density at radius 3 is 2.79 bits per heavy atom. The maximum Gasteiger partial charge on any atom is 0.272 e. The number of hydrogen-bond acceptors (Lipinski definition) is 4. The number of nitrogens with zero attached hydrogens (tertiary/aromatic N) is 2. The van der Waals surface area contributed by atoms with Gasteiger partial charge in [-0.1, -0.05) is 12.1 Å². The van der Waals surface area contributed by atoms with E-state index in [1.807, 2.05) is 0 Å². The van der Waals surface area contributed by atoms with Crippen LogP contribution in [-0.2, 0) is 6.42 Å². The molecule has 0 radical (unpaired) electrons. The van der Waals surface area contributed by atoms with E-state index in [1.165, 1.54) is 18.3 Å². The maximum absolute atomic E-state index is 13.8. The third-order valence-corrected chi connectivity index (χ3v) is 2.99. The van der Waals surface area contributed by atoms with E-state index in [4.69, 9.17) is 5.73 Å². The van der Waals surface area contributed by atoms with E-state index < -0.39 is 10.7 Å². The Bertz CT molecular complexity index is 644. The van der Waals surface area contributed by atoms with Crippen LogP contribution in [0.1, 0.15) is 16.7 Å². The summed E-state index contributed by atoms with van der Waals surface area (Å²) in [5.41, 5.74) is 7.02. The molecule has 0 bridgehead atoms. The molecule has 2 aromatic rings. The van der Waals surface area contributed by atoms with Crippen LogP contribution in [0.2, 0.25) is 0 Å². The van der Waals surface area contributed by atoms with Crippen molar-refractivity contribution in [3.05, 3.63) is 63.1 Å². The molecule has 0 saturated carbocycles. The molecule has 0 spiro atoms. The number of anilines is 1. The Morgan fingerprint density at radius 1 is 1.37 bits per heavy atom. The highest BCUT2D eigenvalue weighted by atomic mass is 19.1. The molecule has 0 aliphatic rings. The van der Waals surface area contributed by atoms with E-state index in [0.29, 0.717) is 16.7 Å². The van der Waals surface area contributed by atoms with E-state index >= 15 is 0 Å². The number of nitrogen functional groups attached to an aromatic ring is 1. The third kappa shape index (κ3) is 2.52. The van der Waals surface area contributed by atoms with Crippen molar-refractivity contribution in [2.24, 2.45) is 0 Å². The van der Waals surface area contributed by atoms with E-state index in [-0.39, 0.29) is 17.9 Å². The molecule has 0 saturated heterocycles. The van der Waals surface area contributed by atoms with Gasteiger partial charge in [0.15, 0.2) is 11.6 Å². The lowest BCUT2D eigenvalue weighted by atomic mass is 9.99. The van der Waals surface area contributed by atoms with Crippen molar-refractivity contribution >= 4 is 11.5 Å². The molecule has 2 N–H and O–H groups in total. The topological polar surface area (TPSA) is 82.0 Å². The first-order valence-electron chi connectivity index (χ1n) is 5.62. The summed E-state index contributed by atoms with van der Waals surface area (Å²) in [5, 5.41) is 10.8. The molecule has 98 valence electrons. The minimum atomic E-state index is -0.576. The van der Waals surface area contributed by atoms with Crippen molar-refractivity contribution in [3.8, 4) is 0 Å². The van der Waals surface area contributed by atoms with Crippen molar-refractivity contribution < 1.29 is 9.31 Å². The van der Waals surface area contributed by atoms with Gasteiger partial charge in [0.05, 0.1) is 4.92 Å². The highest BCUT2D eigenvalue weighted by molar-refractivity contribution is 5.47. The summed E-state index contributed by atoms with van der Waals surface area (Å²) in [4.78, 5) is 14.0. The van der Waals surface area contributed by atoms with Crippen molar-refractivity contribution in [2.75, 3.05) is 5.73 Å². The molecule has 1 aromatic heterocycles. The van der Waals surface area contributed by atoms with Crippen molar-refractivity contribution in [1.29, 1.82) is 0 Å². The number of halogens is 1. The number of pyridine rings is 1. The zero-order valence-electron chi connectivity index (χ0n) is 10.3. The monoisotopic (exact) mass is 261 g/mol. The Balaban J connectivity index is 2.42. The molecule has 1 heterocycles. The molecule has 2 rings (SSSR count). The number of benzene rings is 1. The fraction of sp³-hybridized carbons (Fsp3) is 0.154. The van der Waals surface area contributed by atoms with Gasteiger partial charge >= 0.3 is 0 Å². The van der Waals surface area contributed by atoms with Gasteiger partial charge in [0, 0.05) is 24.2 Å². The average molecular weight is 261 g/mol. The van der Waals surface area contributed by atoms with Crippen molar-refractivity contribution in [1.82, 2.24) is 4.98 Å². The lowest BCUT2D eigenvalue weighted by Gasteiger charge is -2.08. The van der Waals surface area contributed by atoms with Gasteiger partial charge in [0.1, 0.15) is 0 Å². The first kappa shape index (κ1) is 12.9. The van der Waals surface area contributed by atoms with Crippen LogP contribution in [0.3, 0.4) is 0 Å². The molecule has 19 heavy (non-hydrogen) atoms. The molecular formula is C13H12FN3O2. The van der Waals surface area contributed by atoms with Crippen LogP contribution in [0, 0.1) is 22.9 Å². The SMILES string of the molecule is Cc1c(Cc2ccnc(N)c2F)cccc1[N+](=O)[O-]. The van der Waals surface area contributed by atoms with Gasteiger partial charge in [0.2, 0.25) is 0 Å².